The molecule has 0 unspecified atom stereocenters. The van der Waals surface area contributed by atoms with Crippen molar-refractivity contribution in [3.05, 3.63) is 50.3 Å². The van der Waals surface area contributed by atoms with E-state index in [0.717, 1.165) is 5.56 Å². The number of nitro benzene ring substituents is 1. The molecule has 0 spiro atoms. The average molecular weight is 292 g/mol. The summed E-state index contributed by atoms with van der Waals surface area (Å²) >= 11 is 0. The third-order valence-corrected chi connectivity index (χ3v) is 2.66. The second-order valence-electron chi connectivity index (χ2n) is 4.14. The van der Waals surface area contributed by atoms with E-state index in [-0.39, 0.29) is 12.2 Å². The van der Waals surface area contributed by atoms with Gasteiger partial charge in [0.05, 0.1) is 11.5 Å². The summed E-state index contributed by atoms with van der Waals surface area (Å²) in [5.41, 5.74) is 1.09. The van der Waals surface area contributed by atoms with Gasteiger partial charge in [-0.15, -0.1) is 0 Å². The maximum absolute atomic E-state index is 10.9. The molecule has 0 radical (unpaired) electrons. The highest BCUT2D eigenvalue weighted by Gasteiger charge is 2.16. The molecule has 0 aliphatic rings. The van der Waals surface area contributed by atoms with Crippen LogP contribution in [0, 0.1) is 20.2 Å². The zero-order chi connectivity index (χ0) is 15.4. The number of nitrogens with zero attached hydrogens (tertiary/aromatic N) is 5. The molecule has 0 aliphatic heterocycles. The van der Waals surface area contributed by atoms with Crippen LogP contribution in [-0.2, 0) is 6.54 Å². The number of hydrogen-bond acceptors (Lipinski definition) is 7. The molecule has 1 N–H and O–H groups in total. The topological polar surface area (TPSA) is 129 Å². The van der Waals surface area contributed by atoms with Crippen molar-refractivity contribution in [1.82, 2.24) is 14.8 Å². The van der Waals surface area contributed by atoms with Gasteiger partial charge in [-0.25, -0.2) is 0 Å². The number of aromatic nitrogens is 3. The first-order valence-electron chi connectivity index (χ1n) is 6.06. The maximum atomic E-state index is 10.9. The van der Waals surface area contributed by atoms with Gasteiger partial charge in [-0.05, 0) is 23.5 Å². The van der Waals surface area contributed by atoms with Crippen molar-refractivity contribution in [2.45, 2.75) is 13.5 Å². The average Bonchev–Trinajstić information content (AvgIpc) is 2.88. The van der Waals surface area contributed by atoms with E-state index < -0.39 is 15.8 Å². The van der Waals surface area contributed by atoms with Crippen LogP contribution in [0.2, 0.25) is 0 Å². The molecule has 1 aromatic carbocycles. The van der Waals surface area contributed by atoms with Crippen molar-refractivity contribution in [2.75, 3.05) is 11.9 Å². The lowest BCUT2D eigenvalue weighted by atomic mass is 10.1. The summed E-state index contributed by atoms with van der Waals surface area (Å²) in [6.45, 7) is 2.60. The highest BCUT2D eigenvalue weighted by Crippen LogP contribution is 2.25. The van der Waals surface area contributed by atoms with Gasteiger partial charge in [0.2, 0.25) is 6.33 Å². The molecule has 0 aliphatic carbocycles. The van der Waals surface area contributed by atoms with Crippen molar-refractivity contribution in [3.8, 4) is 0 Å². The Bertz CT molecular complexity index is 683. The Hall–Kier alpha value is -3.04. The van der Waals surface area contributed by atoms with E-state index in [1.165, 1.54) is 17.1 Å². The number of benzene rings is 1. The first kappa shape index (κ1) is 14.4. The molecule has 10 heteroatoms. The van der Waals surface area contributed by atoms with Gasteiger partial charge in [-0.1, -0.05) is 11.1 Å². The summed E-state index contributed by atoms with van der Waals surface area (Å²) < 4.78 is 1.30. The summed E-state index contributed by atoms with van der Waals surface area (Å²) in [7, 11) is 0. The maximum Gasteiger partial charge on any atom is 0.490 e. The van der Waals surface area contributed by atoms with Gasteiger partial charge in [0.25, 0.3) is 5.69 Å². The molecule has 0 saturated carbocycles. The summed E-state index contributed by atoms with van der Waals surface area (Å²) in [5.74, 6) is -0.483. The van der Waals surface area contributed by atoms with Crippen molar-refractivity contribution in [1.29, 1.82) is 0 Å². The number of rotatable bonds is 6. The van der Waals surface area contributed by atoms with E-state index in [1.54, 1.807) is 12.1 Å². The lowest BCUT2D eigenvalue weighted by Crippen LogP contribution is -2.05. The molecular formula is C11H12N6O4. The molecule has 0 fully saturated rings. The lowest BCUT2D eigenvalue weighted by Gasteiger charge is -2.06. The van der Waals surface area contributed by atoms with Crippen LogP contribution in [0.4, 0.5) is 17.3 Å². The standard InChI is InChI=1S/C11H12N6O4/c1-2-12-9-5-8(3-4-10(9)16(18)19)6-15-7-13-11(14-15)17(20)21/h3-5,7,12H,2,6H2,1H3. The van der Waals surface area contributed by atoms with Crippen LogP contribution >= 0.6 is 0 Å². The Morgan fingerprint density at radius 3 is 2.62 bits per heavy atom. The Balaban J connectivity index is 2.25. The van der Waals surface area contributed by atoms with Crippen LogP contribution in [0.3, 0.4) is 0 Å². The molecule has 0 bridgehead atoms. The molecule has 0 amide bonds. The second kappa shape index (κ2) is 5.94. The Kier molecular flexibility index (Phi) is 4.07. The third-order valence-electron chi connectivity index (χ3n) is 2.66. The van der Waals surface area contributed by atoms with Crippen LogP contribution in [0.5, 0.6) is 0 Å². The summed E-state index contributed by atoms with van der Waals surface area (Å²) in [5, 5.41) is 28.0. The Morgan fingerprint density at radius 1 is 1.29 bits per heavy atom. The van der Waals surface area contributed by atoms with Crippen molar-refractivity contribution < 1.29 is 9.85 Å². The number of nitro groups is 2. The summed E-state index contributed by atoms with van der Waals surface area (Å²) in [6, 6.07) is 4.58. The first-order valence-corrected chi connectivity index (χ1v) is 6.06. The quantitative estimate of drug-likeness (QED) is 0.631. The van der Waals surface area contributed by atoms with Crippen LogP contribution in [-0.4, -0.2) is 31.2 Å². The van der Waals surface area contributed by atoms with E-state index in [2.05, 4.69) is 15.4 Å². The fourth-order valence-corrected chi connectivity index (χ4v) is 1.80. The number of anilines is 1. The SMILES string of the molecule is CCNc1cc(Cn2cnc([N+](=O)[O-])n2)ccc1[N+](=O)[O-]. The van der Waals surface area contributed by atoms with E-state index in [1.807, 2.05) is 6.92 Å². The second-order valence-corrected chi connectivity index (χ2v) is 4.14. The van der Waals surface area contributed by atoms with Gasteiger partial charge in [0, 0.05) is 17.7 Å². The number of nitrogens with one attached hydrogen (secondary N) is 1. The highest BCUT2D eigenvalue weighted by atomic mass is 16.6. The zero-order valence-corrected chi connectivity index (χ0v) is 11.1. The molecule has 1 aromatic heterocycles. The van der Waals surface area contributed by atoms with Crippen molar-refractivity contribution >= 4 is 17.3 Å². The van der Waals surface area contributed by atoms with E-state index in [4.69, 9.17) is 0 Å². The predicted octanol–water partition coefficient (Wildman–Crippen LogP) is 1.57. The predicted molar refractivity (Wildman–Crippen MR) is 73.0 cm³/mol. The van der Waals surface area contributed by atoms with Crippen LogP contribution in [0.1, 0.15) is 12.5 Å². The number of hydrogen-bond donors (Lipinski definition) is 1. The van der Waals surface area contributed by atoms with Crippen molar-refractivity contribution in [3.63, 3.8) is 0 Å². The first-order chi connectivity index (χ1) is 10.0. The van der Waals surface area contributed by atoms with Crippen LogP contribution in [0.15, 0.2) is 24.5 Å². The monoisotopic (exact) mass is 292 g/mol. The Labute approximate surface area is 118 Å². The molecule has 21 heavy (non-hydrogen) atoms. The van der Waals surface area contributed by atoms with Gasteiger partial charge in [-0.3, -0.25) is 10.1 Å². The third kappa shape index (κ3) is 3.29. The van der Waals surface area contributed by atoms with Gasteiger partial charge in [0.1, 0.15) is 5.69 Å². The molecule has 2 aromatic rings. The van der Waals surface area contributed by atoms with Gasteiger partial charge < -0.3 is 15.4 Å². The Morgan fingerprint density at radius 2 is 2.05 bits per heavy atom. The van der Waals surface area contributed by atoms with Crippen LogP contribution < -0.4 is 5.32 Å². The van der Waals surface area contributed by atoms with E-state index in [9.17, 15) is 20.2 Å². The van der Waals surface area contributed by atoms with Gasteiger partial charge in [0.15, 0.2) is 0 Å². The molecule has 1 heterocycles. The fraction of sp³-hybridized carbons (Fsp3) is 0.273. The van der Waals surface area contributed by atoms with Gasteiger partial charge in [-0.2, -0.15) is 4.68 Å². The van der Waals surface area contributed by atoms with Crippen molar-refractivity contribution in [2.24, 2.45) is 0 Å². The van der Waals surface area contributed by atoms with Crippen LogP contribution in [0.25, 0.3) is 0 Å². The molecular weight excluding hydrogens is 280 g/mol. The molecule has 0 saturated heterocycles. The normalized spacial score (nSPS) is 10.3. The molecule has 2 rings (SSSR count). The summed E-state index contributed by atoms with van der Waals surface area (Å²) in [4.78, 5) is 23.8. The minimum atomic E-state index is -0.684. The minimum absolute atomic E-state index is 0.0230. The summed E-state index contributed by atoms with van der Waals surface area (Å²) in [6.07, 6.45) is 1.24. The highest BCUT2D eigenvalue weighted by molar-refractivity contribution is 5.62. The lowest BCUT2D eigenvalue weighted by molar-refractivity contribution is -0.394. The largest absolute Gasteiger partial charge is 0.490 e. The fourth-order valence-electron chi connectivity index (χ4n) is 1.80. The van der Waals surface area contributed by atoms with E-state index >= 15 is 0 Å². The zero-order valence-electron chi connectivity index (χ0n) is 11.1. The minimum Gasteiger partial charge on any atom is -0.390 e. The molecule has 110 valence electrons. The smallest absolute Gasteiger partial charge is 0.390 e. The van der Waals surface area contributed by atoms with Gasteiger partial charge >= 0.3 is 5.95 Å². The molecule has 10 nitrogen and oxygen atoms in total. The van der Waals surface area contributed by atoms with E-state index in [0.29, 0.717) is 12.2 Å². The molecule has 0 atom stereocenters.